The van der Waals surface area contributed by atoms with Crippen molar-refractivity contribution >= 4 is 0 Å². The number of hydrogen-bond acceptors (Lipinski definition) is 6. The van der Waals surface area contributed by atoms with E-state index in [0.29, 0.717) is 24.6 Å². The first-order valence-corrected chi connectivity index (χ1v) is 5.35. The maximum absolute atomic E-state index is 9.57. The van der Waals surface area contributed by atoms with Crippen LogP contribution in [-0.2, 0) is 11.3 Å². The maximum Gasteiger partial charge on any atom is 0.261 e. The van der Waals surface area contributed by atoms with Crippen LogP contribution in [0.4, 0.5) is 0 Å². The quantitative estimate of drug-likeness (QED) is 0.795. The third kappa shape index (κ3) is 2.79. The molecule has 0 aromatic carbocycles. The first-order valence-electron chi connectivity index (χ1n) is 5.35. The average Bonchev–Trinajstić information content (AvgIpc) is 2.79. The van der Waals surface area contributed by atoms with Crippen molar-refractivity contribution in [3.05, 3.63) is 24.3 Å². The molecule has 0 unspecified atom stereocenters. The van der Waals surface area contributed by atoms with Crippen molar-refractivity contribution in [2.24, 2.45) is 0 Å². The Morgan fingerprint density at radius 1 is 1.47 bits per heavy atom. The summed E-state index contributed by atoms with van der Waals surface area (Å²) in [7, 11) is 0. The highest BCUT2D eigenvalue weighted by Gasteiger charge is 2.12. The average molecular weight is 235 g/mol. The topological polar surface area (TPSA) is 81.3 Å². The molecule has 1 N–H and O–H groups in total. The van der Waals surface area contributed by atoms with Crippen LogP contribution in [0.2, 0.25) is 0 Å². The van der Waals surface area contributed by atoms with Crippen molar-refractivity contribution in [2.45, 2.75) is 20.0 Å². The zero-order chi connectivity index (χ0) is 12.1. The molecule has 0 saturated carbocycles. The van der Waals surface area contributed by atoms with E-state index in [1.54, 1.807) is 12.3 Å². The van der Waals surface area contributed by atoms with E-state index in [9.17, 15) is 5.11 Å². The minimum absolute atomic E-state index is 0.0113. The smallest absolute Gasteiger partial charge is 0.261 e. The summed E-state index contributed by atoms with van der Waals surface area (Å²) >= 11 is 0. The standard InChI is InChI=1S/C11H13N3O3/c1-2-5-16-7-10-13-11(17-14-10)8-3-4-12-6-9(8)15/h3-4,6,15H,2,5,7H2,1H3. The fourth-order valence-corrected chi connectivity index (χ4v) is 1.30. The van der Waals surface area contributed by atoms with Crippen LogP contribution >= 0.6 is 0 Å². The van der Waals surface area contributed by atoms with Gasteiger partial charge in [0.25, 0.3) is 5.89 Å². The molecule has 0 amide bonds. The maximum atomic E-state index is 9.57. The van der Waals surface area contributed by atoms with Gasteiger partial charge in [-0.25, -0.2) is 0 Å². The molecule has 0 saturated heterocycles. The van der Waals surface area contributed by atoms with Gasteiger partial charge in [0, 0.05) is 12.8 Å². The van der Waals surface area contributed by atoms with E-state index in [2.05, 4.69) is 15.1 Å². The van der Waals surface area contributed by atoms with Crippen LogP contribution in [0.25, 0.3) is 11.5 Å². The van der Waals surface area contributed by atoms with Gasteiger partial charge in [-0.1, -0.05) is 12.1 Å². The highest BCUT2D eigenvalue weighted by atomic mass is 16.5. The molecule has 2 heterocycles. The van der Waals surface area contributed by atoms with Gasteiger partial charge in [-0.15, -0.1) is 0 Å². The van der Waals surface area contributed by atoms with E-state index < -0.39 is 0 Å². The van der Waals surface area contributed by atoms with Crippen LogP contribution in [0, 0.1) is 0 Å². The third-order valence-electron chi connectivity index (χ3n) is 2.08. The van der Waals surface area contributed by atoms with Crippen LogP contribution in [-0.4, -0.2) is 26.8 Å². The normalized spacial score (nSPS) is 10.6. The van der Waals surface area contributed by atoms with E-state index >= 15 is 0 Å². The van der Waals surface area contributed by atoms with Gasteiger partial charge in [0.1, 0.15) is 12.4 Å². The monoisotopic (exact) mass is 235 g/mol. The first kappa shape index (κ1) is 11.5. The molecule has 0 aliphatic carbocycles. The first-order chi connectivity index (χ1) is 8.31. The predicted molar refractivity (Wildman–Crippen MR) is 59.1 cm³/mol. The van der Waals surface area contributed by atoms with Crippen LogP contribution in [0.1, 0.15) is 19.2 Å². The molecule has 17 heavy (non-hydrogen) atoms. The number of ether oxygens (including phenoxy) is 1. The second-order valence-electron chi connectivity index (χ2n) is 3.46. The summed E-state index contributed by atoms with van der Waals surface area (Å²) in [5.41, 5.74) is 0.467. The molecule has 0 aliphatic rings. The number of rotatable bonds is 5. The lowest BCUT2D eigenvalue weighted by molar-refractivity contribution is 0.114. The van der Waals surface area contributed by atoms with Crippen molar-refractivity contribution in [3.8, 4) is 17.2 Å². The third-order valence-corrected chi connectivity index (χ3v) is 2.08. The van der Waals surface area contributed by atoms with Crippen LogP contribution in [0.5, 0.6) is 5.75 Å². The molecular weight excluding hydrogens is 222 g/mol. The minimum atomic E-state index is 0.0113. The summed E-state index contributed by atoms with van der Waals surface area (Å²) in [5, 5.41) is 13.3. The van der Waals surface area contributed by atoms with Gasteiger partial charge in [-0.3, -0.25) is 4.98 Å². The Hall–Kier alpha value is -1.95. The number of nitrogens with zero attached hydrogens (tertiary/aromatic N) is 3. The predicted octanol–water partition coefficient (Wildman–Crippen LogP) is 1.76. The van der Waals surface area contributed by atoms with Gasteiger partial charge < -0.3 is 14.4 Å². The van der Waals surface area contributed by atoms with Gasteiger partial charge in [-0.2, -0.15) is 4.98 Å². The molecule has 2 aromatic heterocycles. The molecule has 0 bridgehead atoms. The Balaban J connectivity index is 2.10. The molecular formula is C11H13N3O3. The Labute approximate surface area is 98.3 Å². The lowest BCUT2D eigenvalue weighted by Crippen LogP contribution is -1.95. The summed E-state index contributed by atoms with van der Waals surface area (Å²) in [6.07, 6.45) is 3.81. The van der Waals surface area contributed by atoms with Crippen LogP contribution < -0.4 is 0 Å². The summed E-state index contributed by atoms with van der Waals surface area (Å²) in [6.45, 7) is 2.99. The molecule has 0 fully saturated rings. The molecule has 6 nitrogen and oxygen atoms in total. The Morgan fingerprint density at radius 2 is 2.35 bits per heavy atom. The number of aromatic nitrogens is 3. The van der Waals surface area contributed by atoms with Crippen molar-refractivity contribution in [3.63, 3.8) is 0 Å². The van der Waals surface area contributed by atoms with Crippen molar-refractivity contribution in [1.82, 2.24) is 15.1 Å². The second kappa shape index (κ2) is 5.40. The van der Waals surface area contributed by atoms with E-state index in [0.717, 1.165) is 6.42 Å². The minimum Gasteiger partial charge on any atom is -0.505 e. The van der Waals surface area contributed by atoms with Crippen LogP contribution in [0.3, 0.4) is 0 Å². The fraction of sp³-hybridized carbons (Fsp3) is 0.364. The van der Waals surface area contributed by atoms with Gasteiger partial charge in [0.05, 0.1) is 11.8 Å². The van der Waals surface area contributed by atoms with Gasteiger partial charge in [0.15, 0.2) is 5.82 Å². The van der Waals surface area contributed by atoms with E-state index in [1.807, 2.05) is 6.92 Å². The zero-order valence-corrected chi connectivity index (χ0v) is 9.46. The van der Waals surface area contributed by atoms with Gasteiger partial charge in [0.2, 0.25) is 0 Å². The number of hydrogen-bond donors (Lipinski definition) is 1. The molecule has 2 aromatic rings. The summed E-state index contributed by atoms with van der Waals surface area (Å²) in [5.74, 6) is 0.738. The summed E-state index contributed by atoms with van der Waals surface area (Å²) < 4.78 is 10.3. The summed E-state index contributed by atoms with van der Waals surface area (Å²) in [4.78, 5) is 7.90. The van der Waals surface area contributed by atoms with Crippen molar-refractivity contribution in [2.75, 3.05) is 6.61 Å². The van der Waals surface area contributed by atoms with E-state index in [1.165, 1.54) is 6.20 Å². The lowest BCUT2D eigenvalue weighted by atomic mass is 10.2. The molecule has 90 valence electrons. The molecule has 0 radical (unpaired) electrons. The van der Waals surface area contributed by atoms with E-state index in [-0.39, 0.29) is 11.6 Å². The highest BCUT2D eigenvalue weighted by molar-refractivity contribution is 5.60. The molecule has 0 spiro atoms. The largest absolute Gasteiger partial charge is 0.505 e. The van der Waals surface area contributed by atoms with Gasteiger partial charge >= 0.3 is 0 Å². The van der Waals surface area contributed by atoms with Crippen LogP contribution in [0.15, 0.2) is 23.0 Å². The van der Waals surface area contributed by atoms with Crippen molar-refractivity contribution in [1.29, 1.82) is 0 Å². The summed E-state index contributed by atoms with van der Waals surface area (Å²) in [6, 6.07) is 1.61. The Morgan fingerprint density at radius 3 is 3.12 bits per heavy atom. The SMILES string of the molecule is CCCOCc1noc(-c2ccncc2O)n1. The Bertz CT molecular complexity index is 484. The molecule has 6 heteroatoms. The fourth-order valence-electron chi connectivity index (χ4n) is 1.30. The molecule has 0 aliphatic heterocycles. The second-order valence-corrected chi connectivity index (χ2v) is 3.46. The van der Waals surface area contributed by atoms with Crippen molar-refractivity contribution < 1.29 is 14.4 Å². The highest BCUT2D eigenvalue weighted by Crippen LogP contribution is 2.25. The molecule has 2 rings (SSSR count). The Kier molecular flexibility index (Phi) is 3.66. The zero-order valence-electron chi connectivity index (χ0n) is 9.46. The molecule has 0 atom stereocenters. The van der Waals surface area contributed by atoms with E-state index in [4.69, 9.17) is 9.26 Å². The lowest BCUT2D eigenvalue weighted by Gasteiger charge is -1.96. The van der Waals surface area contributed by atoms with Gasteiger partial charge in [-0.05, 0) is 12.5 Å². The number of pyridine rings is 1. The number of aromatic hydroxyl groups is 1.